The van der Waals surface area contributed by atoms with Gasteiger partial charge in [0.25, 0.3) is 0 Å². The average Bonchev–Trinajstić information content (AvgIpc) is 2.77. The molecule has 2 aromatic rings. The number of nitrogens with two attached hydrogens (primary N) is 1. The Hall–Kier alpha value is -1.90. The summed E-state index contributed by atoms with van der Waals surface area (Å²) in [7, 11) is -1.46. The second-order valence-electron chi connectivity index (χ2n) is 3.94. The van der Waals surface area contributed by atoms with E-state index in [2.05, 4.69) is 15.5 Å². The van der Waals surface area contributed by atoms with Gasteiger partial charge in [-0.3, -0.25) is 5.43 Å². The molecule has 0 atom stereocenters. The van der Waals surface area contributed by atoms with Gasteiger partial charge in [0.05, 0.1) is 6.21 Å². The number of thiazole rings is 1. The van der Waals surface area contributed by atoms with Gasteiger partial charge >= 0.3 is 7.12 Å². The maximum atomic E-state index is 9.06. The van der Waals surface area contributed by atoms with Gasteiger partial charge in [-0.15, -0.1) is 11.3 Å². The standard InChI is InChI=1S/C11H13BN4O2S/c1-7-4-9(12(17)18)3-2-8(7)5-14-16-11-15-10(13)6-19-11/h2-6,17-18H,13H2,1H3,(H,15,16). The summed E-state index contributed by atoms with van der Waals surface area (Å²) < 4.78 is 0. The Labute approximate surface area is 114 Å². The first-order valence-electron chi connectivity index (χ1n) is 5.53. The summed E-state index contributed by atoms with van der Waals surface area (Å²) in [5, 5.41) is 24.5. The molecule has 0 unspecified atom stereocenters. The summed E-state index contributed by atoms with van der Waals surface area (Å²) in [6, 6.07) is 5.11. The number of hydrogen-bond acceptors (Lipinski definition) is 7. The lowest BCUT2D eigenvalue weighted by atomic mass is 9.79. The number of hydrazone groups is 1. The quantitative estimate of drug-likeness (QED) is 0.362. The van der Waals surface area contributed by atoms with Crippen LogP contribution >= 0.6 is 11.3 Å². The highest BCUT2D eigenvalue weighted by Crippen LogP contribution is 2.16. The van der Waals surface area contributed by atoms with Crippen molar-refractivity contribution in [3.63, 3.8) is 0 Å². The van der Waals surface area contributed by atoms with Gasteiger partial charge in [0.1, 0.15) is 5.82 Å². The molecule has 1 heterocycles. The second-order valence-corrected chi connectivity index (χ2v) is 4.80. The molecule has 0 aliphatic rings. The number of aromatic nitrogens is 1. The van der Waals surface area contributed by atoms with Crippen LogP contribution in [-0.2, 0) is 0 Å². The lowest BCUT2D eigenvalue weighted by molar-refractivity contribution is 0.425. The molecule has 1 aromatic heterocycles. The van der Waals surface area contributed by atoms with Crippen molar-refractivity contribution in [1.82, 2.24) is 4.98 Å². The first-order chi connectivity index (χ1) is 9.06. The minimum absolute atomic E-state index is 0.454. The first-order valence-corrected chi connectivity index (χ1v) is 6.41. The third-order valence-electron chi connectivity index (χ3n) is 2.48. The first kappa shape index (κ1) is 13.5. The molecule has 0 bridgehead atoms. The van der Waals surface area contributed by atoms with Crippen molar-refractivity contribution in [3.8, 4) is 0 Å². The molecule has 8 heteroatoms. The predicted octanol–water partition coefficient (Wildman–Crippen LogP) is 0.160. The molecule has 0 saturated carbocycles. The smallest absolute Gasteiger partial charge is 0.423 e. The summed E-state index contributed by atoms with van der Waals surface area (Å²) in [5.41, 5.74) is 10.5. The molecule has 0 amide bonds. The Kier molecular flexibility index (Phi) is 4.15. The largest absolute Gasteiger partial charge is 0.488 e. The van der Waals surface area contributed by atoms with Gasteiger partial charge in [0.2, 0.25) is 5.13 Å². The lowest BCUT2D eigenvalue weighted by Crippen LogP contribution is -2.30. The maximum Gasteiger partial charge on any atom is 0.488 e. The van der Waals surface area contributed by atoms with E-state index in [1.54, 1.807) is 29.8 Å². The number of nitrogens with one attached hydrogen (secondary N) is 1. The van der Waals surface area contributed by atoms with E-state index < -0.39 is 7.12 Å². The lowest BCUT2D eigenvalue weighted by Gasteiger charge is -2.04. The van der Waals surface area contributed by atoms with Crippen LogP contribution in [0.4, 0.5) is 10.9 Å². The van der Waals surface area contributed by atoms with Crippen LogP contribution in [0, 0.1) is 6.92 Å². The van der Waals surface area contributed by atoms with Gasteiger partial charge < -0.3 is 15.8 Å². The zero-order valence-corrected chi connectivity index (χ0v) is 11.1. The van der Waals surface area contributed by atoms with Crippen LogP contribution in [0.5, 0.6) is 0 Å². The highest BCUT2D eigenvalue weighted by atomic mass is 32.1. The summed E-state index contributed by atoms with van der Waals surface area (Å²) >= 11 is 1.37. The van der Waals surface area contributed by atoms with E-state index in [1.807, 2.05) is 6.92 Å². The molecular formula is C11H13BN4O2S. The Morgan fingerprint density at radius 2 is 2.26 bits per heavy atom. The fraction of sp³-hybridized carbons (Fsp3) is 0.0909. The van der Waals surface area contributed by atoms with Crippen molar-refractivity contribution in [2.24, 2.45) is 5.10 Å². The fourth-order valence-corrected chi connectivity index (χ4v) is 2.05. The molecule has 19 heavy (non-hydrogen) atoms. The third-order valence-corrected chi connectivity index (χ3v) is 3.24. The number of benzene rings is 1. The topological polar surface area (TPSA) is 104 Å². The third kappa shape index (κ3) is 3.54. The molecule has 6 nitrogen and oxygen atoms in total. The predicted molar refractivity (Wildman–Crippen MR) is 78.7 cm³/mol. The minimum Gasteiger partial charge on any atom is -0.423 e. The van der Waals surface area contributed by atoms with Crippen LogP contribution in [-0.4, -0.2) is 28.4 Å². The molecule has 0 aliphatic heterocycles. The van der Waals surface area contributed by atoms with Crippen LogP contribution in [0.2, 0.25) is 0 Å². The van der Waals surface area contributed by atoms with E-state index in [1.165, 1.54) is 11.3 Å². The molecule has 0 fully saturated rings. The van der Waals surface area contributed by atoms with E-state index in [4.69, 9.17) is 15.8 Å². The van der Waals surface area contributed by atoms with Crippen molar-refractivity contribution in [1.29, 1.82) is 0 Å². The molecule has 0 aliphatic carbocycles. The van der Waals surface area contributed by atoms with Crippen molar-refractivity contribution in [3.05, 3.63) is 34.7 Å². The summed E-state index contributed by atoms with van der Waals surface area (Å²) in [6.07, 6.45) is 1.64. The molecule has 0 radical (unpaired) electrons. The fourth-order valence-electron chi connectivity index (χ4n) is 1.50. The van der Waals surface area contributed by atoms with Crippen molar-refractivity contribution in [2.75, 3.05) is 11.2 Å². The van der Waals surface area contributed by atoms with E-state index in [-0.39, 0.29) is 0 Å². The molecule has 0 saturated heterocycles. The SMILES string of the molecule is Cc1cc(B(O)O)ccc1C=NNc1nc(N)cs1. The Bertz CT molecular complexity index is 600. The molecule has 2 rings (SSSR count). The summed E-state index contributed by atoms with van der Waals surface area (Å²) in [6.45, 7) is 1.87. The Morgan fingerprint density at radius 1 is 1.47 bits per heavy atom. The number of hydrogen-bond donors (Lipinski definition) is 4. The summed E-state index contributed by atoms with van der Waals surface area (Å²) in [5.74, 6) is 0.458. The van der Waals surface area contributed by atoms with Gasteiger partial charge in [-0.25, -0.2) is 4.98 Å². The molecule has 5 N–H and O–H groups in total. The second kappa shape index (κ2) is 5.83. The van der Waals surface area contributed by atoms with E-state index in [9.17, 15) is 0 Å². The zero-order chi connectivity index (χ0) is 13.8. The minimum atomic E-state index is -1.46. The Morgan fingerprint density at radius 3 is 2.84 bits per heavy atom. The molecule has 1 aromatic carbocycles. The van der Waals surface area contributed by atoms with Gasteiger partial charge in [-0.1, -0.05) is 18.2 Å². The van der Waals surface area contributed by atoms with Crippen LogP contribution < -0.4 is 16.6 Å². The van der Waals surface area contributed by atoms with E-state index in [0.717, 1.165) is 11.1 Å². The van der Waals surface area contributed by atoms with Crippen LogP contribution in [0.3, 0.4) is 0 Å². The maximum absolute atomic E-state index is 9.06. The average molecular weight is 276 g/mol. The van der Waals surface area contributed by atoms with Gasteiger partial charge in [-0.05, 0) is 23.5 Å². The van der Waals surface area contributed by atoms with Gasteiger partial charge in [0.15, 0.2) is 0 Å². The van der Waals surface area contributed by atoms with Crippen LogP contribution in [0.1, 0.15) is 11.1 Å². The molecule has 98 valence electrons. The molecular weight excluding hydrogens is 263 g/mol. The van der Waals surface area contributed by atoms with Crippen LogP contribution in [0.15, 0.2) is 28.7 Å². The van der Waals surface area contributed by atoms with Crippen molar-refractivity contribution in [2.45, 2.75) is 6.92 Å². The van der Waals surface area contributed by atoms with Gasteiger partial charge in [0, 0.05) is 5.38 Å². The van der Waals surface area contributed by atoms with E-state index >= 15 is 0 Å². The van der Waals surface area contributed by atoms with Crippen molar-refractivity contribution >= 4 is 41.1 Å². The zero-order valence-electron chi connectivity index (χ0n) is 10.2. The monoisotopic (exact) mass is 276 g/mol. The number of nitrogen functional groups attached to an aromatic ring is 1. The Balaban J connectivity index is 2.06. The highest BCUT2D eigenvalue weighted by Gasteiger charge is 2.11. The molecule has 0 spiro atoms. The van der Waals surface area contributed by atoms with E-state index in [0.29, 0.717) is 16.4 Å². The van der Waals surface area contributed by atoms with Crippen molar-refractivity contribution < 1.29 is 10.0 Å². The normalized spacial score (nSPS) is 10.9. The summed E-state index contributed by atoms with van der Waals surface area (Å²) in [4.78, 5) is 4.01. The number of nitrogens with zero attached hydrogens (tertiary/aromatic N) is 2. The van der Waals surface area contributed by atoms with Crippen LogP contribution in [0.25, 0.3) is 0 Å². The number of aryl methyl sites for hydroxylation is 1. The highest BCUT2D eigenvalue weighted by molar-refractivity contribution is 7.14. The number of anilines is 2. The van der Waals surface area contributed by atoms with Gasteiger partial charge in [-0.2, -0.15) is 5.10 Å². The number of rotatable bonds is 4.